The number of anilines is 3. The molecule has 2 aromatic rings. The molecule has 10 nitrogen and oxygen atoms in total. The maximum atomic E-state index is 14.4. The molecule has 4 fully saturated rings. The Labute approximate surface area is 244 Å². The molecule has 7 rings (SSSR count). The number of piperidine rings is 1. The highest BCUT2D eigenvalue weighted by Gasteiger charge is 2.50. The molecular formula is C29H39FN8O2S. The third-order valence-electron chi connectivity index (χ3n) is 10.1. The van der Waals surface area contributed by atoms with Crippen LogP contribution >= 0.6 is 11.3 Å². The van der Waals surface area contributed by atoms with Crippen LogP contribution < -0.4 is 20.3 Å². The van der Waals surface area contributed by atoms with Gasteiger partial charge in [-0.05, 0) is 70.4 Å². The van der Waals surface area contributed by atoms with Crippen molar-refractivity contribution in [2.45, 2.75) is 87.4 Å². The van der Waals surface area contributed by atoms with Gasteiger partial charge in [-0.3, -0.25) is 4.90 Å². The van der Waals surface area contributed by atoms with Gasteiger partial charge in [-0.2, -0.15) is 20.2 Å². The zero-order chi connectivity index (χ0) is 28.4. The normalized spacial score (nSPS) is 33.3. The van der Waals surface area contributed by atoms with Crippen LogP contribution in [0.4, 0.5) is 21.3 Å². The van der Waals surface area contributed by atoms with Crippen molar-refractivity contribution in [3.63, 3.8) is 0 Å². The molecule has 3 N–H and O–H groups in total. The van der Waals surface area contributed by atoms with Crippen LogP contribution in [0.25, 0.3) is 0 Å². The predicted octanol–water partition coefficient (Wildman–Crippen LogP) is 3.18. The number of rotatable bonds is 5. The van der Waals surface area contributed by atoms with Gasteiger partial charge in [0.15, 0.2) is 0 Å². The van der Waals surface area contributed by atoms with Gasteiger partial charge in [0, 0.05) is 49.4 Å². The van der Waals surface area contributed by atoms with Gasteiger partial charge in [0.05, 0.1) is 16.7 Å². The van der Waals surface area contributed by atoms with Gasteiger partial charge in [-0.1, -0.05) is 0 Å². The molecule has 0 radical (unpaired) electrons. The number of nitrogens with two attached hydrogens (primary N) is 1. The van der Waals surface area contributed by atoms with E-state index in [2.05, 4.69) is 15.9 Å². The Morgan fingerprint density at radius 2 is 1.85 bits per heavy atom. The molecule has 220 valence electrons. The summed E-state index contributed by atoms with van der Waals surface area (Å²) in [7, 11) is 0. The lowest BCUT2D eigenvalue weighted by Gasteiger charge is -2.37. The van der Waals surface area contributed by atoms with Crippen LogP contribution in [0.2, 0.25) is 0 Å². The van der Waals surface area contributed by atoms with E-state index in [1.807, 2.05) is 11.8 Å². The molecular weight excluding hydrogens is 543 g/mol. The third kappa shape index (κ3) is 4.70. The second-order valence-corrected chi connectivity index (χ2v) is 14.3. The first-order valence-corrected chi connectivity index (χ1v) is 15.8. The molecule has 1 spiro atoms. The molecule has 1 aliphatic carbocycles. The molecule has 5 aliphatic rings. The van der Waals surface area contributed by atoms with Crippen molar-refractivity contribution >= 4 is 28.2 Å². The van der Waals surface area contributed by atoms with Gasteiger partial charge in [-0.25, -0.2) is 4.39 Å². The number of fused-ring (bicyclic) bond motifs is 3. The standard InChI is InChI=1S/C29H39FN8O2S/c1-27(39)6-3-10-36(16-27)24-33-25(35-26(34-24)40-18-29-8-4-11-38(29)15-19(30)13-29)37-12-9-28(17-37)7-2-5-21-22(28)20(14-31)23(32)41-21/h19,39H,2-13,15-18,32H2,1H3/t19-,27-,28?,29+/m1/s1. The second-order valence-electron chi connectivity index (χ2n) is 13.2. The maximum Gasteiger partial charge on any atom is 0.323 e. The average Bonchev–Trinajstić information content (AvgIpc) is 3.68. The van der Waals surface area contributed by atoms with E-state index in [1.54, 1.807) is 11.3 Å². The summed E-state index contributed by atoms with van der Waals surface area (Å²) in [6.45, 7) is 6.20. The highest BCUT2D eigenvalue weighted by molar-refractivity contribution is 7.16. The fraction of sp³-hybridized carbons (Fsp3) is 0.724. The molecule has 4 saturated heterocycles. The minimum atomic E-state index is -0.829. The molecule has 0 saturated carbocycles. The molecule has 2 aromatic heterocycles. The number of halogens is 1. The highest BCUT2D eigenvalue weighted by atomic mass is 32.1. The third-order valence-corrected chi connectivity index (χ3v) is 11.2. The summed E-state index contributed by atoms with van der Waals surface area (Å²) >= 11 is 1.56. The number of β-amino-alcohol motifs (C(OH)–C–C–N with tert-alkyl or cyclic N) is 1. The number of ether oxygens (including phenoxy) is 1. The second kappa shape index (κ2) is 9.92. The zero-order valence-corrected chi connectivity index (χ0v) is 24.6. The van der Waals surface area contributed by atoms with Gasteiger partial charge in [0.2, 0.25) is 11.9 Å². The molecule has 0 aromatic carbocycles. The Balaban J connectivity index is 1.20. The van der Waals surface area contributed by atoms with E-state index >= 15 is 0 Å². The first kappa shape index (κ1) is 27.1. The summed E-state index contributed by atoms with van der Waals surface area (Å²) in [5.41, 5.74) is 6.79. The number of aliphatic hydroxyl groups is 1. The van der Waals surface area contributed by atoms with Crippen LogP contribution in [0.5, 0.6) is 6.01 Å². The largest absolute Gasteiger partial charge is 0.461 e. The van der Waals surface area contributed by atoms with Crippen LogP contribution in [-0.2, 0) is 11.8 Å². The minimum absolute atomic E-state index is 0.154. The minimum Gasteiger partial charge on any atom is -0.461 e. The number of nitriles is 1. The fourth-order valence-corrected chi connectivity index (χ4v) is 9.41. The van der Waals surface area contributed by atoms with Crippen molar-refractivity contribution in [3.8, 4) is 12.1 Å². The van der Waals surface area contributed by atoms with Crippen molar-refractivity contribution in [1.29, 1.82) is 5.26 Å². The van der Waals surface area contributed by atoms with Crippen LogP contribution in [0.1, 0.15) is 74.3 Å². The smallest absolute Gasteiger partial charge is 0.323 e. The average molecular weight is 583 g/mol. The molecule has 12 heteroatoms. The lowest BCUT2D eigenvalue weighted by molar-refractivity contribution is 0.0443. The first-order chi connectivity index (χ1) is 19.7. The number of alkyl halides is 1. The van der Waals surface area contributed by atoms with E-state index in [-0.39, 0.29) is 17.0 Å². The SMILES string of the molecule is C[C@@]1(O)CCCN(c2nc(OC[C@@]34CCCN3C[C@H](F)C4)nc(N3CCC4(CCCc5sc(N)c(C#N)c54)C3)n2)C1. The number of aromatic nitrogens is 3. The predicted molar refractivity (Wildman–Crippen MR) is 155 cm³/mol. The summed E-state index contributed by atoms with van der Waals surface area (Å²) in [6, 6.07) is 2.64. The van der Waals surface area contributed by atoms with Gasteiger partial charge >= 0.3 is 6.01 Å². The highest BCUT2D eigenvalue weighted by Crippen LogP contribution is 2.50. The Morgan fingerprint density at radius 1 is 1.07 bits per heavy atom. The van der Waals surface area contributed by atoms with Crippen LogP contribution in [0, 0.1) is 11.3 Å². The van der Waals surface area contributed by atoms with Crippen molar-refractivity contribution in [2.75, 3.05) is 61.4 Å². The number of nitrogens with zero attached hydrogens (tertiary/aromatic N) is 7. The fourth-order valence-electron chi connectivity index (χ4n) is 8.23. The van der Waals surface area contributed by atoms with E-state index in [0.29, 0.717) is 55.1 Å². The van der Waals surface area contributed by atoms with E-state index in [9.17, 15) is 14.8 Å². The molecule has 6 heterocycles. The molecule has 41 heavy (non-hydrogen) atoms. The van der Waals surface area contributed by atoms with Crippen LogP contribution in [0.3, 0.4) is 0 Å². The lowest BCUT2D eigenvalue weighted by Crippen LogP contribution is -2.47. The van der Waals surface area contributed by atoms with Gasteiger partial charge in [0.25, 0.3) is 0 Å². The number of hydrogen-bond donors (Lipinski definition) is 2. The monoisotopic (exact) mass is 582 g/mol. The Morgan fingerprint density at radius 3 is 2.63 bits per heavy atom. The van der Waals surface area contributed by atoms with Crippen LogP contribution in [0.15, 0.2) is 0 Å². The molecule has 0 amide bonds. The van der Waals surface area contributed by atoms with E-state index in [0.717, 1.165) is 76.6 Å². The summed E-state index contributed by atoms with van der Waals surface area (Å²) in [4.78, 5) is 22.1. The van der Waals surface area contributed by atoms with Crippen molar-refractivity contribution in [1.82, 2.24) is 19.9 Å². The van der Waals surface area contributed by atoms with E-state index < -0.39 is 11.8 Å². The van der Waals surface area contributed by atoms with Crippen LogP contribution in [-0.4, -0.2) is 88.1 Å². The van der Waals surface area contributed by atoms with Gasteiger partial charge in [-0.15, -0.1) is 11.3 Å². The van der Waals surface area contributed by atoms with Crippen molar-refractivity contribution in [3.05, 3.63) is 16.0 Å². The molecule has 1 unspecified atom stereocenters. The quantitative estimate of drug-likeness (QED) is 0.543. The number of aryl methyl sites for hydroxylation is 1. The zero-order valence-electron chi connectivity index (χ0n) is 23.7. The van der Waals surface area contributed by atoms with E-state index in [1.165, 1.54) is 4.88 Å². The number of nitrogen functional groups attached to an aromatic ring is 1. The Hall–Kier alpha value is -2.75. The summed E-state index contributed by atoms with van der Waals surface area (Å²) in [6.07, 6.45) is 7.11. The number of hydrogen-bond acceptors (Lipinski definition) is 11. The number of thiophene rings is 1. The van der Waals surface area contributed by atoms with E-state index in [4.69, 9.17) is 25.4 Å². The van der Waals surface area contributed by atoms with Crippen molar-refractivity contribution in [2.24, 2.45) is 0 Å². The first-order valence-electron chi connectivity index (χ1n) is 15.0. The Kier molecular flexibility index (Phi) is 6.56. The maximum absolute atomic E-state index is 14.4. The van der Waals surface area contributed by atoms with Gasteiger partial charge in [0.1, 0.15) is 23.8 Å². The van der Waals surface area contributed by atoms with Crippen molar-refractivity contribution < 1.29 is 14.2 Å². The molecule has 0 bridgehead atoms. The summed E-state index contributed by atoms with van der Waals surface area (Å²) in [5.74, 6) is 1.06. The van der Waals surface area contributed by atoms with Gasteiger partial charge < -0.3 is 25.4 Å². The Bertz CT molecular complexity index is 1380. The lowest BCUT2D eigenvalue weighted by atomic mass is 9.70. The molecule has 4 atom stereocenters. The summed E-state index contributed by atoms with van der Waals surface area (Å²) < 4.78 is 20.7. The molecule has 4 aliphatic heterocycles. The summed E-state index contributed by atoms with van der Waals surface area (Å²) in [5, 5.41) is 21.4. The topological polar surface area (TPSA) is 128 Å².